The van der Waals surface area contributed by atoms with Crippen LogP contribution in [0.15, 0.2) is 51.6 Å². The van der Waals surface area contributed by atoms with E-state index >= 15 is 0 Å². The molecule has 1 amide bonds. The van der Waals surface area contributed by atoms with Gasteiger partial charge in [-0.3, -0.25) is 4.79 Å². The lowest BCUT2D eigenvalue weighted by Gasteiger charge is -2.21. The molecule has 0 aliphatic heterocycles. The van der Waals surface area contributed by atoms with Crippen LogP contribution in [0.25, 0.3) is 0 Å². The van der Waals surface area contributed by atoms with E-state index in [0.29, 0.717) is 12.6 Å². The predicted octanol–water partition coefficient (Wildman–Crippen LogP) is 3.85. The number of nitrogens with zero attached hydrogens (tertiary/aromatic N) is 1. The fourth-order valence-electron chi connectivity index (χ4n) is 2.08. The van der Waals surface area contributed by atoms with Crippen LogP contribution in [0.1, 0.15) is 29.0 Å². The Morgan fingerprint density at radius 1 is 1.26 bits per heavy atom. The van der Waals surface area contributed by atoms with E-state index in [9.17, 15) is 4.79 Å². The Labute approximate surface area is 120 Å². The third-order valence-electron chi connectivity index (χ3n) is 3.25. The minimum atomic E-state index is 0.0754. The highest BCUT2D eigenvalue weighted by atomic mass is 79.9. The fourth-order valence-corrected chi connectivity index (χ4v) is 2.35. The Morgan fingerprint density at radius 2 is 2.00 bits per heavy atom. The topological polar surface area (TPSA) is 33.5 Å². The Bertz CT molecular complexity index is 558. The Hall–Kier alpha value is -1.55. The summed E-state index contributed by atoms with van der Waals surface area (Å²) in [5, 5.41) is 0. The maximum atomic E-state index is 12.5. The van der Waals surface area contributed by atoms with Gasteiger partial charge in [0.15, 0.2) is 0 Å². The van der Waals surface area contributed by atoms with Crippen molar-refractivity contribution in [3.05, 3.63) is 58.5 Å². The Kier molecular flexibility index (Phi) is 3.42. The number of benzene rings is 1. The van der Waals surface area contributed by atoms with Crippen LogP contribution in [0.2, 0.25) is 0 Å². The van der Waals surface area contributed by atoms with Crippen molar-refractivity contribution in [2.75, 3.05) is 0 Å². The molecule has 1 saturated carbocycles. The summed E-state index contributed by atoms with van der Waals surface area (Å²) >= 11 is 3.38. The van der Waals surface area contributed by atoms with Gasteiger partial charge in [-0.1, -0.05) is 15.9 Å². The number of carbonyl (C=O) groups is 1. The molecular formula is C15H14BrNO2. The highest BCUT2D eigenvalue weighted by molar-refractivity contribution is 9.10. The van der Waals surface area contributed by atoms with Gasteiger partial charge in [0.1, 0.15) is 5.76 Å². The molecule has 1 aromatic heterocycles. The Morgan fingerprint density at radius 3 is 2.58 bits per heavy atom. The molecule has 1 heterocycles. The van der Waals surface area contributed by atoms with Gasteiger partial charge in [0.05, 0.1) is 12.8 Å². The zero-order valence-corrected chi connectivity index (χ0v) is 12.0. The quantitative estimate of drug-likeness (QED) is 0.857. The van der Waals surface area contributed by atoms with Crippen LogP contribution in [0.3, 0.4) is 0 Å². The van der Waals surface area contributed by atoms with Crippen molar-refractivity contribution in [1.82, 2.24) is 4.90 Å². The first-order chi connectivity index (χ1) is 9.24. The molecule has 4 heteroatoms. The molecule has 98 valence electrons. The van der Waals surface area contributed by atoms with Crippen molar-refractivity contribution in [2.45, 2.75) is 25.4 Å². The summed E-state index contributed by atoms with van der Waals surface area (Å²) in [5.74, 6) is 0.906. The van der Waals surface area contributed by atoms with Crippen molar-refractivity contribution in [1.29, 1.82) is 0 Å². The average molecular weight is 320 g/mol. The molecule has 0 saturated heterocycles. The zero-order chi connectivity index (χ0) is 13.2. The van der Waals surface area contributed by atoms with Gasteiger partial charge < -0.3 is 9.32 Å². The van der Waals surface area contributed by atoms with Crippen LogP contribution >= 0.6 is 15.9 Å². The summed E-state index contributed by atoms with van der Waals surface area (Å²) < 4.78 is 6.33. The van der Waals surface area contributed by atoms with Crippen LogP contribution < -0.4 is 0 Å². The summed E-state index contributed by atoms with van der Waals surface area (Å²) in [6, 6.07) is 11.6. The van der Waals surface area contributed by atoms with Crippen molar-refractivity contribution < 1.29 is 9.21 Å². The average Bonchev–Trinajstić information content (AvgIpc) is 3.13. The second kappa shape index (κ2) is 5.21. The second-order valence-corrected chi connectivity index (χ2v) is 5.67. The molecule has 0 unspecified atom stereocenters. The molecule has 1 aliphatic rings. The molecule has 0 atom stereocenters. The van der Waals surface area contributed by atoms with Crippen LogP contribution in [0, 0.1) is 0 Å². The van der Waals surface area contributed by atoms with Crippen LogP contribution in [-0.4, -0.2) is 16.8 Å². The van der Waals surface area contributed by atoms with Crippen molar-refractivity contribution >= 4 is 21.8 Å². The molecule has 1 aliphatic carbocycles. The number of halogens is 1. The smallest absolute Gasteiger partial charge is 0.254 e. The monoisotopic (exact) mass is 319 g/mol. The molecule has 1 aromatic carbocycles. The number of carbonyl (C=O) groups excluding carboxylic acids is 1. The van der Waals surface area contributed by atoms with Gasteiger partial charge in [0.2, 0.25) is 0 Å². The normalized spacial score (nSPS) is 14.4. The highest BCUT2D eigenvalue weighted by Gasteiger charge is 2.33. The molecule has 1 fully saturated rings. The summed E-state index contributed by atoms with van der Waals surface area (Å²) in [6.45, 7) is 0.548. The number of hydrogen-bond acceptors (Lipinski definition) is 2. The largest absolute Gasteiger partial charge is 0.467 e. The van der Waals surface area contributed by atoms with E-state index in [2.05, 4.69) is 15.9 Å². The lowest BCUT2D eigenvalue weighted by molar-refractivity contribution is 0.0717. The van der Waals surface area contributed by atoms with Gasteiger partial charge in [0.25, 0.3) is 5.91 Å². The molecule has 2 aromatic rings. The van der Waals surface area contributed by atoms with E-state index in [-0.39, 0.29) is 5.91 Å². The standard InChI is InChI=1S/C15H14BrNO2/c16-12-5-3-11(4-6-12)15(18)17(13-7-8-13)10-14-2-1-9-19-14/h1-6,9,13H,7-8,10H2. The van der Waals surface area contributed by atoms with Crippen LogP contribution in [0.4, 0.5) is 0 Å². The van der Waals surface area contributed by atoms with Gasteiger partial charge >= 0.3 is 0 Å². The third kappa shape index (κ3) is 2.89. The minimum absolute atomic E-state index is 0.0754. The lowest BCUT2D eigenvalue weighted by atomic mass is 10.2. The summed E-state index contributed by atoms with van der Waals surface area (Å²) in [5.41, 5.74) is 0.724. The highest BCUT2D eigenvalue weighted by Crippen LogP contribution is 2.30. The van der Waals surface area contributed by atoms with E-state index in [0.717, 1.165) is 28.6 Å². The molecular weight excluding hydrogens is 306 g/mol. The molecule has 0 spiro atoms. The first-order valence-corrected chi connectivity index (χ1v) is 7.12. The molecule has 0 N–H and O–H groups in total. The number of rotatable bonds is 4. The maximum absolute atomic E-state index is 12.5. The molecule has 3 rings (SSSR count). The Balaban J connectivity index is 1.79. The number of amides is 1. The molecule has 0 bridgehead atoms. The minimum Gasteiger partial charge on any atom is -0.467 e. The van der Waals surface area contributed by atoms with Crippen molar-refractivity contribution in [3.8, 4) is 0 Å². The van der Waals surface area contributed by atoms with Crippen LogP contribution in [-0.2, 0) is 6.54 Å². The molecule has 19 heavy (non-hydrogen) atoms. The van der Waals surface area contributed by atoms with Gasteiger partial charge in [-0.25, -0.2) is 0 Å². The third-order valence-corrected chi connectivity index (χ3v) is 3.77. The second-order valence-electron chi connectivity index (χ2n) is 4.75. The molecule has 0 radical (unpaired) electrons. The summed E-state index contributed by atoms with van der Waals surface area (Å²) in [6.07, 6.45) is 3.82. The predicted molar refractivity (Wildman–Crippen MR) is 75.7 cm³/mol. The fraction of sp³-hybridized carbons (Fsp3) is 0.267. The van der Waals surface area contributed by atoms with E-state index in [1.165, 1.54) is 0 Å². The maximum Gasteiger partial charge on any atom is 0.254 e. The SMILES string of the molecule is O=C(c1ccc(Br)cc1)N(Cc1ccco1)C1CC1. The first kappa shape index (κ1) is 12.5. The van der Waals surface area contributed by atoms with E-state index < -0.39 is 0 Å². The van der Waals surface area contributed by atoms with E-state index in [1.54, 1.807) is 6.26 Å². The van der Waals surface area contributed by atoms with Gasteiger partial charge in [0, 0.05) is 16.1 Å². The van der Waals surface area contributed by atoms with Gasteiger partial charge in [-0.15, -0.1) is 0 Å². The zero-order valence-electron chi connectivity index (χ0n) is 10.4. The number of hydrogen-bond donors (Lipinski definition) is 0. The summed E-state index contributed by atoms with van der Waals surface area (Å²) in [7, 11) is 0. The van der Waals surface area contributed by atoms with Gasteiger partial charge in [-0.2, -0.15) is 0 Å². The van der Waals surface area contributed by atoms with Crippen LogP contribution in [0.5, 0.6) is 0 Å². The lowest BCUT2D eigenvalue weighted by Crippen LogP contribution is -2.32. The van der Waals surface area contributed by atoms with Crippen molar-refractivity contribution in [2.24, 2.45) is 0 Å². The first-order valence-electron chi connectivity index (χ1n) is 6.33. The molecule has 3 nitrogen and oxygen atoms in total. The van der Waals surface area contributed by atoms with E-state index in [4.69, 9.17) is 4.42 Å². The number of furan rings is 1. The van der Waals surface area contributed by atoms with Gasteiger partial charge in [-0.05, 0) is 49.2 Å². The van der Waals surface area contributed by atoms with E-state index in [1.807, 2.05) is 41.3 Å². The summed E-state index contributed by atoms with van der Waals surface area (Å²) in [4.78, 5) is 14.4. The van der Waals surface area contributed by atoms with Crippen molar-refractivity contribution in [3.63, 3.8) is 0 Å².